The summed E-state index contributed by atoms with van der Waals surface area (Å²) in [5.74, 6) is 0.299. The van der Waals surface area contributed by atoms with Crippen LogP contribution in [-0.2, 0) is 12.8 Å². The molecule has 0 amide bonds. The predicted molar refractivity (Wildman–Crippen MR) is 108 cm³/mol. The second-order valence-electron chi connectivity index (χ2n) is 7.36. The highest BCUT2D eigenvalue weighted by atomic mass is 16.3. The van der Waals surface area contributed by atoms with Crippen LogP contribution in [0, 0.1) is 0 Å². The lowest BCUT2D eigenvalue weighted by atomic mass is 9.92. The summed E-state index contributed by atoms with van der Waals surface area (Å²) in [5, 5.41) is 9.76. The van der Waals surface area contributed by atoms with Crippen LogP contribution in [0.15, 0.2) is 72.8 Å². The molecular weight excluding hydrogens is 330 g/mol. The number of benzene rings is 3. The Morgan fingerprint density at radius 1 is 0.630 bits per heavy atom. The van der Waals surface area contributed by atoms with Gasteiger partial charge in [0.15, 0.2) is 0 Å². The highest BCUT2D eigenvalue weighted by molar-refractivity contribution is 5.91. The maximum atomic E-state index is 9.76. The Morgan fingerprint density at radius 2 is 1.15 bits per heavy atom. The first-order valence-electron chi connectivity index (χ1n) is 9.31. The third-order valence-corrected chi connectivity index (χ3v) is 5.83. The molecule has 1 aromatic heterocycles. The molecule has 0 fully saturated rings. The second-order valence-corrected chi connectivity index (χ2v) is 7.36. The summed E-state index contributed by atoms with van der Waals surface area (Å²) in [5.41, 5.74) is 12.5. The van der Waals surface area contributed by atoms with Gasteiger partial charge in [0.25, 0.3) is 0 Å². The van der Waals surface area contributed by atoms with Gasteiger partial charge in [-0.1, -0.05) is 60.7 Å². The van der Waals surface area contributed by atoms with Crippen molar-refractivity contribution in [1.82, 2.24) is 4.98 Å². The number of aromatic hydroxyl groups is 1. The number of phenolic OH excluding ortho intramolecular Hbond substituents is 1. The molecule has 0 bridgehead atoms. The standard InChI is InChI=1S/C25H17NO/c27-18-11-9-15(10-12-18)23-21-13-16-5-1-3-7-19(16)24(21)26-25-20-8-4-2-6-17(20)14-22(23)25/h1-12,27H,13-14H2. The third-order valence-electron chi connectivity index (χ3n) is 5.83. The number of pyridine rings is 1. The Labute approximate surface area is 157 Å². The van der Waals surface area contributed by atoms with Crippen LogP contribution in [0.4, 0.5) is 0 Å². The van der Waals surface area contributed by atoms with Crippen molar-refractivity contribution in [2.75, 3.05) is 0 Å². The highest BCUT2D eigenvalue weighted by Gasteiger charge is 2.31. The predicted octanol–water partition coefficient (Wildman–Crippen LogP) is 5.60. The Hall–Kier alpha value is -3.39. The average Bonchev–Trinajstić information content (AvgIpc) is 3.25. The van der Waals surface area contributed by atoms with Gasteiger partial charge in [0.2, 0.25) is 0 Å². The van der Waals surface area contributed by atoms with Crippen molar-refractivity contribution >= 4 is 0 Å². The molecule has 128 valence electrons. The van der Waals surface area contributed by atoms with Gasteiger partial charge in [-0.25, -0.2) is 4.98 Å². The molecular formula is C25H17NO. The normalized spacial score (nSPS) is 13.0. The van der Waals surface area contributed by atoms with E-state index in [0.29, 0.717) is 5.75 Å². The van der Waals surface area contributed by atoms with E-state index in [1.807, 2.05) is 12.1 Å². The first kappa shape index (κ1) is 14.7. The Morgan fingerprint density at radius 3 is 1.70 bits per heavy atom. The molecule has 0 unspecified atom stereocenters. The van der Waals surface area contributed by atoms with Crippen LogP contribution in [0.25, 0.3) is 33.6 Å². The molecule has 3 aromatic carbocycles. The number of phenols is 1. The van der Waals surface area contributed by atoms with E-state index in [1.54, 1.807) is 12.1 Å². The Kier molecular flexibility index (Phi) is 2.90. The molecule has 0 radical (unpaired) electrons. The molecule has 6 rings (SSSR count). The fourth-order valence-corrected chi connectivity index (χ4v) is 4.62. The minimum absolute atomic E-state index is 0.299. The topological polar surface area (TPSA) is 33.1 Å². The van der Waals surface area contributed by atoms with Crippen LogP contribution in [-0.4, -0.2) is 10.1 Å². The SMILES string of the molecule is Oc1ccc(-c2c3c(nc4c2Cc2ccccc2-4)-c2ccccc2C3)cc1. The number of hydrogen-bond donors (Lipinski definition) is 1. The molecule has 0 saturated heterocycles. The van der Waals surface area contributed by atoms with Crippen LogP contribution in [0.1, 0.15) is 22.3 Å². The summed E-state index contributed by atoms with van der Waals surface area (Å²) in [4.78, 5) is 5.17. The molecule has 27 heavy (non-hydrogen) atoms. The van der Waals surface area contributed by atoms with Crippen LogP contribution in [0.2, 0.25) is 0 Å². The van der Waals surface area contributed by atoms with E-state index in [9.17, 15) is 5.11 Å². The van der Waals surface area contributed by atoms with Gasteiger partial charge in [-0.15, -0.1) is 0 Å². The first-order chi connectivity index (χ1) is 13.3. The van der Waals surface area contributed by atoms with Gasteiger partial charge in [-0.2, -0.15) is 0 Å². The van der Waals surface area contributed by atoms with Gasteiger partial charge in [0.1, 0.15) is 5.75 Å². The summed E-state index contributed by atoms with van der Waals surface area (Å²) in [6.45, 7) is 0. The zero-order chi connectivity index (χ0) is 18.0. The van der Waals surface area contributed by atoms with Gasteiger partial charge >= 0.3 is 0 Å². The van der Waals surface area contributed by atoms with Crippen LogP contribution in [0.3, 0.4) is 0 Å². The van der Waals surface area contributed by atoms with E-state index in [4.69, 9.17) is 4.98 Å². The fraction of sp³-hybridized carbons (Fsp3) is 0.0800. The van der Waals surface area contributed by atoms with Crippen LogP contribution < -0.4 is 0 Å². The number of rotatable bonds is 1. The van der Waals surface area contributed by atoms with Crippen molar-refractivity contribution in [3.63, 3.8) is 0 Å². The van der Waals surface area contributed by atoms with Crippen molar-refractivity contribution in [1.29, 1.82) is 0 Å². The van der Waals surface area contributed by atoms with Crippen molar-refractivity contribution < 1.29 is 5.11 Å². The summed E-state index contributed by atoms with van der Waals surface area (Å²) in [6, 6.07) is 24.8. The Bertz CT molecular complexity index is 1150. The van der Waals surface area contributed by atoms with Gasteiger partial charge in [0.05, 0.1) is 11.4 Å². The maximum absolute atomic E-state index is 9.76. The molecule has 0 spiro atoms. The lowest BCUT2D eigenvalue weighted by Crippen LogP contribution is -1.98. The molecule has 2 heteroatoms. The lowest BCUT2D eigenvalue weighted by molar-refractivity contribution is 0.475. The highest BCUT2D eigenvalue weighted by Crippen LogP contribution is 2.48. The van der Waals surface area contributed by atoms with Gasteiger partial charge in [0, 0.05) is 24.0 Å². The Balaban J connectivity index is 1.70. The van der Waals surface area contributed by atoms with E-state index in [-0.39, 0.29) is 0 Å². The lowest BCUT2D eigenvalue weighted by Gasteiger charge is -2.15. The van der Waals surface area contributed by atoms with Gasteiger partial charge in [-0.3, -0.25) is 0 Å². The zero-order valence-corrected chi connectivity index (χ0v) is 14.7. The molecule has 0 aliphatic heterocycles. The number of aromatic nitrogens is 1. The molecule has 0 saturated carbocycles. The third kappa shape index (κ3) is 2.04. The second kappa shape index (κ2) is 5.31. The number of hydrogen-bond acceptors (Lipinski definition) is 2. The van der Waals surface area contributed by atoms with E-state index in [1.165, 1.54) is 38.9 Å². The minimum atomic E-state index is 0.299. The molecule has 0 atom stereocenters. The molecule has 1 heterocycles. The summed E-state index contributed by atoms with van der Waals surface area (Å²) >= 11 is 0. The van der Waals surface area contributed by atoms with Crippen molar-refractivity contribution in [2.24, 2.45) is 0 Å². The number of nitrogens with zero attached hydrogens (tertiary/aromatic N) is 1. The summed E-state index contributed by atoms with van der Waals surface area (Å²) < 4.78 is 0. The molecule has 4 aromatic rings. The van der Waals surface area contributed by atoms with E-state index < -0.39 is 0 Å². The smallest absolute Gasteiger partial charge is 0.115 e. The summed E-state index contributed by atoms with van der Waals surface area (Å²) in [6.07, 6.45) is 1.83. The van der Waals surface area contributed by atoms with Crippen LogP contribution >= 0.6 is 0 Å². The van der Waals surface area contributed by atoms with Crippen molar-refractivity contribution in [2.45, 2.75) is 12.8 Å². The molecule has 2 nitrogen and oxygen atoms in total. The van der Waals surface area contributed by atoms with E-state index in [2.05, 4.69) is 48.5 Å². The van der Waals surface area contributed by atoms with Crippen molar-refractivity contribution in [3.8, 4) is 39.4 Å². The largest absolute Gasteiger partial charge is 0.508 e. The molecule has 2 aliphatic rings. The minimum Gasteiger partial charge on any atom is -0.508 e. The molecule has 1 N–H and O–H groups in total. The first-order valence-corrected chi connectivity index (χ1v) is 9.31. The maximum Gasteiger partial charge on any atom is 0.115 e. The molecule has 2 aliphatic carbocycles. The fourth-order valence-electron chi connectivity index (χ4n) is 4.62. The van der Waals surface area contributed by atoms with Gasteiger partial charge in [-0.05, 0) is 45.5 Å². The van der Waals surface area contributed by atoms with Gasteiger partial charge < -0.3 is 5.11 Å². The quantitative estimate of drug-likeness (QED) is 0.420. The monoisotopic (exact) mass is 347 g/mol. The zero-order valence-electron chi connectivity index (χ0n) is 14.7. The number of fused-ring (bicyclic) bond motifs is 6. The van der Waals surface area contributed by atoms with E-state index >= 15 is 0 Å². The summed E-state index contributed by atoms with van der Waals surface area (Å²) in [7, 11) is 0. The van der Waals surface area contributed by atoms with Crippen LogP contribution in [0.5, 0.6) is 5.75 Å². The van der Waals surface area contributed by atoms with E-state index in [0.717, 1.165) is 29.8 Å². The average molecular weight is 347 g/mol. The van der Waals surface area contributed by atoms with Crippen molar-refractivity contribution in [3.05, 3.63) is 95.1 Å².